The van der Waals surface area contributed by atoms with Crippen LogP contribution in [0.1, 0.15) is 22.8 Å². The zero-order valence-electron chi connectivity index (χ0n) is 12.3. The highest BCUT2D eigenvalue weighted by Crippen LogP contribution is 2.52. The monoisotopic (exact) mass is 322 g/mol. The molecule has 4 rings (SSSR count). The van der Waals surface area contributed by atoms with E-state index >= 15 is 0 Å². The number of hydrogen-bond donors (Lipinski definition) is 1. The maximum Gasteiger partial charge on any atom is 0.161 e. The van der Waals surface area contributed by atoms with E-state index in [4.69, 9.17) is 16.3 Å². The van der Waals surface area contributed by atoms with Crippen molar-refractivity contribution in [3.05, 3.63) is 101 Å². The molecular formula is C20H15ClO2. The molecule has 3 aromatic carbocycles. The summed E-state index contributed by atoms with van der Waals surface area (Å²) in [7, 11) is 0. The molecule has 1 heterocycles. The van der Waals surface area contributed by atoms with E-state index in [1.807, 2.05) is 66.7 Å². The summed E-state index contributed by atoms with van der Waals surface area (Å²) in [6.45, 7) is 0. The van der Waals surface area contributed by atoms with Crippen LogP contribution in [0.4, 0.5) is 0 Å². The highest BCUT2D eigenvalue weighted by molar-refractivity contribution is 6.30. The number of fused-ring (bicyclic) bond motifs is 1. The molecule has 0 bridgehead atoms. The van der Waals surface area contributed by atoms with Gasteiger partial charge in [0.1, 0.15) is 5.75 Å². The second-order valence-corrected chi connectivity index (χ2v) is 6.12. The van der Waals surface area contributed by atoms with E-state index in [2.05, 4.69) is 0 Å². The van der Waals surface area contributed by atoms with Gasteiger partial charge in [-0.25, -0.2) is 0 Å². The highest BCUT2D eigenvalue weighted by Gasteiger charge is 2.49. The lowest BCUT2D eigenvalue weighted by molar-refractivity contribution is -0.00725. The van der Waals surface area contributed by atoms with Gasteiger partial charge < -0.3 is 9.84 Å². The topological polar surface area (TPSA) is 29.5 Å². The van der Waals surface area contributed by atoms with Crippen molar-refractivity contribution < 1.29 is 9.84 Å². The number of hydrogen-bond acceptors (Lipinski definition) is 2. The molecule has 0 saturated carbocycles. The Bertz CT molecular complexity index is 833. The molecule has 0 fully saturated rings. The van der Waals surface area contributed by atoms with Crippen LogP contribution in [0.15, 0.2) is 78.9 Å². The Balaban J connectivity index is 1.95. The van der Waals surface area contributed by atoms with Crippen molar-refractivity contribution in [3.63, 3.8) is 0 Å². The van der Waals surface area contributed by atoms with Gasteiger partial charge >= 0.3 is 0 Å². The molecule has 2 nitrogen and oxygen atoms in total. The number of rotatable bonds is 2. The summed E-state index contributed by atoms with van der Waals surface area (Å²) < 4.78 is 6.11. The van der Waals surface area contributed by atoms with Crippen molar-refractivity contribution in [3.8, 4) is 5.75 Å². The van der Waals surface area contributed by atoms with E-state index in [0.717, 1.165) is 11.1 Å². The van der Waals surface area contributed by atoms with Crippen LogP contribution in [0.5, 0.6) is 5.75 Å². The smallest absolute Gasteiger partial charge is 0.161 e. The molecule has 0 spiro atoms. The first-order valence-corrected chi connectivity index (χ1v) is 7.87. The number of ether oxygens (including phenoxy) is 1. The van der Waals surface area contributed by atoms with E-state index in [9.17, 15) is 5.11 Å². The number of aliphatic hydroxyl groups is 1. The van der Waals surface area contributed by atoms with Gasteiger partial charge in [0, 0.05) is 10.6 Å². The molecular weight excluding hydrogens is 308 g/mol. The zero-order chi connectivity index (χ0) is 15.9. The van der Waals surface area contributed by atoms with Crippen molar-refractivity contribution in [2.75, 3.05) is 0 Å². The number of benzene rings is 3. The average molecular weight is 323 g/mol. The fourth-order valence-electron chi connectivity index (χ4n) is 3.19. The van der Waals surface area contributed by atoms with Crippen LogP contribution in [-0.4, -0.2) is 5.11 Å². The van der Waals surface area contributed by atoms with Crippen LogP contribution in [0.2, 0.25) is 5.02 Å². The minimum absolute atomic E-state index is 0.514. The third-order valence-corrected chi connectivity index (χ3v) is 4.53. The summed E-state index contributed by atoms with van der Waals surface area (Å²) in [5.41, 5.74) is 1.13. The van der Waals surface area contributed by atoms with Crippen LogP contribution in [0.25, 0.3) is 0 Å². The van der Waals surface area contributed by atoms with E-state index in [1.54, 1.807) is 12.1 Å². The Morgan fingerprint density at radius 2 is 1.52 bits per heavy atom. The highest BCUT2D eigenvalue weighted by atomic mass is 35.5. The summed E-state index contributed by atoms with van der Waals surface area (Å²) >= 11 is 6.17. The second kappa shape index (κ2) is 5.41. The van der Waals surface area contributed by atoms with Crippen molar-refractivity contribution in [2.24, 2.45) is 0 Å². The van der Waals surface area contributed by atoms with Crippen LogP contribution in [-0.2, 0) is 5.60 Å². The molecule has 0 aliphatic carbocycles. The summed E-state index contributed by atoms with van der Waals surface area (Å²) in [6.07, 6.45) is -0.514. The van der Waals surface area contributed by atoms with Crippen LogP contribution in [0, 0.1) is 0 Å². The fraction of sp³-hybridized carbons (Fsp3) is 0.100. The van der Waals surface area contributed by atoms with Gasteiger partial charge in [0.2, 0.25) is 0 Å². The van der Waals surface area contributed by atoms with Gasteiger partial charge in [-0.3, -0.25) is 0 Å². The maximum atomic E-state index is 11.7. The average Bonchev–Trinajstić information content (AvgIpc) is 2.90. The molecule has 0 radical (unpaired) electrons. The standard InChI is InChI=1S/C20H15ClO2/c21-16-11-12-18-17(13-16)20(22,15-9-5-2-6-10-15)19(23-18)14-7-3-1-4-8-14/h1-13,19,22H/t19-,20+/m1/s1. The fourth-order valence-corrected chi connectivity index (χ4v) is 3.36. The van der Waals surface area contributed by atoms with Gasteiger partial charge in [0.25, 0.3) is 0 Å². The van der Waals surface area contributed by atoms with E-state index in [1.165, 1.54) is 0 Å². The molecule has 0 saturated heterocycles. The summed E-state index contributed by atoms with van der Waals surface area (Å²) in [5, 5.41) is 12.2. The molecule has 0 unspecified atom stereocenters. The first-order chi connectivity index (χ1) is 11.2. The molecule has 114 valence electrons. The van der Waals surface area contributed by atoms with Crippen molar-refractivity contribution in [2.45, 2.75) is 11.7 Å². The summed E-state index contributed by atoms with van der Waals surface area (Å²) in [6, 6.07) is 24.7. The normalized spacial score (nSPS) is 22.4. The molecule has 1 aliphatic heterocycles. The first kappa shape index (κ1) is 14.3. The van der Waals surface area contributed by atoms with Crippen LogP contribution < -0.4 is 4.74 Å². The summed E-state index contributed by atoms with van der Waals surface area (Å²) in [4.78, 5) is 0. The molecule has 23 heavy (non-hydrogen) atoms. The number of halogens is 1. The van der Waals surface area contributed by atoms with Gasteiger partial charge in [0.05, 0.1) is 0 Å². The van der Waals surface area contributed by atoms with Gasteiger partial charge in [-0.05, 0) is 29.3 Å². The lowest BCUT2D eigenvalue weighted by atomic mass is 9.80. The Morgan fingerprint density at radius 1 is 0.870 bits per heavy atom. The van der Waals surface area contributed by atoms with Gasteiger partial charge in [-0.2, -0.15) is 0 Å². The second-order valence-electron chi connectivity index (χ2n) is 5.68. The van der Waals surface area contributed by atoms with E-state index in [0.29, 0.717) is 16.3 Å². The molecule has 0 aromatic heterocycles. The van der Waals surface area contributed by atoms with Crippen molar-refractivity contribution in [1.82, 2.24) is 0 Å². The first-order valence-electron chi connectivity index (χ1n) is 7.49. The third-order valence-electron chi connectivity index (χ3n) is 4.29. The van der Waals surface area contributed by atoms with Gasteiger partial charge in [-0.15, -0.1) is 0 Å². The molecule has 1 N–H and O–H groups in total. The predicted octanol–water partition coefficient (Wildman–Crippen LogP) is 4.71. The quantitative estimate of drug-likeness (QED) is 0.740. The van der Waals surface area contributed by atoms with Gasteiger partial charge in [-0.1, -0.05) is 72.3 Å². The van der Waals surface area contributed by atoms with E-state index < -0.39 is 11.7 Å². The van der Waals surface area contributed by atoms with Crippen LogP contribution in [0.3, 0.4) is 0 Å². The third kappa shape index (κ3) is 2.23. The van der Waals surface area contributed by atoms with Crippen molar-refractivity contribution in [1.29, 1.82) is 0 Å². The van der Waals surface area contributed by atoms with Crippen molar-refractivity contribution >= 4 is 11.6 Å². The minimum Gasteiger partial charge on any atom is -0.482 e. The Morgan fingerprint density at radius 3 is 2.22 bits per heavy atom. The summed E-state index contributed by atoms with van der Waals surface area (Å²) in [5.74, 6) is 0.662. The van der Waals surface area contributed by atoms with E-state index in [-0.39, 0.29) is 0 Å². The lowest BCUT2D eigenvalue weighted by Crippen LogP contribution is -2.32. The van der Waals surface area contributed by atoms with Gasteiger partial charge in [0.15, 0.2) is 11.7 Å². The van der Waals surface area contributed by atoms with Crippen LogP contribution >= 0.6 is 11.6 Å². The molecule has 2 atom stereocenters. The zero-order valence-corrected chi connectivity index (χ0v) is 13.1. The Labute approximate surface area is 139 Å². The predicted molar refractivity (Wildman–Crippen MR) is 90.7 cm³/mol. The molecule has 3 aromatic rings. The largest absolute Gasteiger partial charge is 0.482 e. The molecule has 0 amide bonds. The lowest BCUT2D eigenvalue weighted by Gasteiger charge is -2.30. The Hall–Kier alpha value is -2.29. The molecule has 1 aliphatic rings. The maximum absolute atomic E-state index is 11.7. The Kier molecular flexibility index (Phi) is 3.37. The SMILES string of the molecule is O[C@@]1(c2ccccc2)c2cc(Cl)ccc2O[C@@H]1c1ccccc1. The minimum atomic E-state index is -1.27. The molecule has 3 heteroatoms.